The van der Waals surface area contributed by atoms with Crippen molar-refractivity contribution in [3.63, 3.8) is 0 Å². The highest BCUT2D eigenvalue weighted by Gasteiger charge is 2.30. The van der Waals surface area contributed by atoms with Crippen molar-refractivity contribution in [1.82, 2.24) is 24.9 Å². The maximum atomic E-state index is 12.5. The molecule has 2 aromatic rings. The summed E-state index contributed by atoms with van der Waals surface area (Å²) < 4.78 is 45.6. The number of ether oxygens (including phenoxy) is 1. The third kappa shape index (κ3) is 5.00. The Labute approximate surface area is 151 Å². The van der Waals surface area contributed by atoms with Crippen molar-refractivity contribution in [2.45, 2.75) is 39.4 Å². The zero-order valence-electron chi connectivity index (χ0n) is 15.8. The van der Waals surface area contributed by atoms with Crippen LogP contribution in [0.15, 0.2) is 12.3 Å². The van der Waals surface area contributed by atoms with E-state index in [0.29, 0.717) is 30.3 Å². The molecule has 0 aliphatic rings. The summed E-state index contributed by atoms with van der Waals surface area (Å²) in [5.74, 6) is 0.766. The van der Waals surface area contributed by atoms with Gasteiger partial charge < -0.3 is 10.1 Å². The van der Waals surface area contributed by atoms with Gasteiger partial charge in [0.25, 0.3) is 0 Å². The third-order valence-corrected chi connectivity index (χ3v) is 4.37. The predicted octanol–water partition coefficient (Wildman–Crippen LogP) is 2.93. The van der Waals surface area contributed by atoms with Crippen LogP contribution in [0.3, 0.4) is 0 Å². The maximum absolute atomic E-state index is 12.5. The van der Waals surface area contributed by atoms with Gasteiger partial charge in [0, 0.05) is 45.0 Å². The fraction of sp³-hybridized carbons (Fsp3) is 0.647. The smallest absolute Gasteiger partial charge is 0.422 e. The van der Waals surface area contributed by atoms with Gasteiger partial charge in [-0.2, -0.15) is 23.4 Å². The van der Waals surface area contributed by atoms with Crippen molar-refractivity contribution in [3.8, 4) is 5.88 Å². The van der Waals surface area contributed by atoms with Crippen molar-refractivity contribution in [3.05, 3.63) is 29.2 Å². The molecule has 0 aromatic carbocycles. The number of hydrogen-bond donors (Lipinski definition) is 1. The summed E-state index contributed by atoms with van der Waals surface area (Å²) in [6, 6.07) is 1.99. The molecule has 2 heterocycles. The van der Waals surface area contributed by atoms with Crippen LogP contribution in [0.1, 0.15) is 36.7 Å². The number of alkyl halides is 3. The number of aromatic nitrogens is 4. The molecule has 2 aromatic heterocycles. The Hall–Kier alpha value is -2.03. The molecule has 0 unspecified atom stereocenters. The van der Waals surface area contributed by atoms with Crippen molar-refractivity contribution in [2.75, 3.05) is 13.2 Å². The molecule has 0 aliphatic carbocycles. The minimum Gasteiger partial charge on any atom is -0.468 e. The van der Waals surface area contributed by atoms with Crippen molar-refractivity contribution in [1.29, 1.82) is 0 Å². The summed E-state index contributed by atoms with van der Waals surface area (Å²) in [6.45, 7) is 5.75. The summed E-state index contributed by atoms with van der Waals surface area (Å²) in [5.41, 5.74) is 2.41. The quantitative estimate of drug-likeness (QED) is 0.773. The highest BCUT2D eigenvalue weighted by Crippen LogP contribution is 2.26. The molecule has 146 valence electrons. The highest BCUT2D eigenvalue weighted by molar-refractivity contribution is 5.31. The lowest BCUT2D eigenvalue weighted by atomic mass is 9.92. The molecule has 0 radical (unpaired) electrons. The van der Waals surface area contributed by atoms with Crippen LogP contribution in [0.5, 0.6) is 5.88 Å². The van der Waals surface area contributed by atoms with Gasteiger partial charge in [0.2, 0.25) is 5.88 Å². The van der Waals surface area contributed by atoms with Gasteiger partial charge in [-0.25, -0.2) is 4.68 Å². The van der Waals surface area contributed by atoms with Crippen LogP contribution in [0, 0.1) is 12.8 Å². The van der Waals surface area contributed by atoms with Crippen molar-refractivity contribution < 1.29 is 17.9 Å². The molecule has 1 N–H and O–H groups in total. The lowest BCUT2D eigenvalue weighted by Crippen LogP contribution is -2.26. The van der Waals surface area contributed by atoms with Gasteiger partial charge in [0.1, 0.15) is 0 Å². The number of rotatable bonds is 8. The normalized spacial score (nSPS) is 13.4. The largest absolute Gasteiger partial charge is 0.468 e. The van der Waals surface area contributed by atoms with E-state index in [1.807, 2.05) is 17.8 Å². The third-order valence-electron chi connectivity index (χ3n) is 4.37. The van der Waals surface area contributed by atoms with Crippen LogP contribution in [-0.2, 0) is 20.6 Å². The molecule has 0 saturated heterocycles. The number of nitrogens with one attached hydrogen (secondary N) is 1. The van der Waals surface area contributed by atoms with Crippen LogP contribution < -0.4 is 10.1 Å². The lowest BCUT2D eigenvalue weighted by molar-refractivity contribution is -0.154. The summed E-state index contributed by atoms with van der Waals surface area (Å²) >= 11 is 0. The first-order chi connectivity index (χ1) is 12.1. The average Bonchev–Trinajstić information content (AvgIpc) is 3.04. The number of aryl methyl sites for hydroxylation is 3. The molecule has 26 heavy (non-hydrogen) atoms. The zero-order chi connectivity index (χ0) is 19.5. The Morgan fingerprint density at radius 1 is 1.23 bits per heavy atom. The van der Waals surface area contributed by atoms with Gasteiger partial charge in [-0.3, -0.25) is 4.68 Å². The van der Waals surface area contributed by atoms with Crippen LogP contribution in [0.25, 0.3) is 0 Å². The molecule has 0 saturated carbocycles. The monoisotopic (exact) mass is 373 g/mol. The Balaban J connectivity index is 2.05. The fourth-order valence-electron chi connectivity index (χ4n) is 3.00. The minimum atomic E-state index is -4.38. The molecular formula is C17H26F3N5O. The number of halogens is 3. The molecule has 0 amide bonds. The second kappa shape index (κ2) is 8.11. The van der Waals surface area contributed by atoms with Gasteiger partial charge in [-0.05, 0) is 18.9 Å². The summed E-state index contributed by atoms with van der Waals surface area (Å²) in [6.07, 6.45) is -2.62. The van der Waals surface area contributed by atoms with E-state index >= 15 is 0 Å². The van der Waals surface area contributed by atoms with Crippen molar-refractivity contribution >= 4 is 0 Å². The number of hydrogen-bond acceptors (Lipinski definition) is 4. The Bertz CT molecular complexity index is 721. The fourth-order valence-corrected chi connectivity index (χ4v) is 3.00. The van der Waals surface area contributed by atoms with Crippen molar-refractivity contribution in [2.24, 2.45) is 20.0 Å². The Kier molecular flexibility index (Phi) is 6.33. The molecule has 6 nitrogen and oxygen atoms in total. The topological polar surface area (TPSA) is 56.9 Å². The van der Waals surface area contributed by atoms with Crippen LogP contribution >= 0.6 is 0 Å². The van der Waals surface area contributed by atoms with E-state index in [2.05, 4.69) is 29.4 Å². The summed E-state index contributed by atoms with van der Waals surface area (Å²) in [5, 5.41) is 11.7. The van der Waals surface area contributed by atoms with E-state index in [9.17, 15) is 13.2 Å². The second-order valence-electron chi connectivity index (χ2n) is 6.76. The molecule has 2 rings (SSSR count). The van der Waals surface area contributed by atoms with Gasteiger partial charge in [0.05, 0.1) is 11.3 Å². The first-order valence-electron chi connectivity index (χ1n) is 8.50. The van der Waals surface area contributed by atoms with Gasteiger partial charge in [-0.1, -0.05) is 13.8 Å². The summed E-state index contributed by atoms with van der Waals surface area (Å²) in [4.78, 5) is 0. The second-order valence-corrected chi connectivity index (χ2v) is 6.76. The Morgan fingerprint density at radius 3 is 2.46 bits per heavy atom. The molecule has 9 heteroatoms. The molecule has 1 atom stereocenters. The SMILES string of the molecule is Cc1nn(C)c(OCC(F)(F)F)c1CNC[C@@H](c1ccnn1C)C(C)C. The standard InChI is InChI=1S/C17H26F3N5O/c1-11(2)13(15-6-7-22-24(15)4)8-21-9-14-12(3)23-25(5)16(14)26-10-17(18,19)20/h6-7,11,13,21H,8-10H2,1-5H3/t13-/m1/s1. The van der Waals surface area contributed by atoms with Crippen LogP contribution in [0.2, 0.25) is 0 Å². The maximum Gasteiger partial charge on any atom is 0.422 e. The summed E-state index contributed by atoms with van der Waals surface area (Å²) in [7, 11) is 3.48. The van der Waals surface area contributed by atoms with Gasteiger partial charge in [-0.15, -0.1) is 0 Å². The van der Waals surface area contributed by atoms with E-state index < -0.39 is 12.8 Å². The first kappa shape index (κ1) is 20.3. The van der Waals surface area contributed by atoms with E-state index in [0.717, 1.165) is 5.69 Å². The van der Waals surface area contributed by atoms with Gasteiger partial charge in [0.15, 0.2) is 6.61 Å². The van der Waals surface area contributed by atoms with E-state index in [1.165, 1.54) is 4.68 Å². The molecular weight excluding hydrogens is 347 g/mol. The number of nitrogens with zero attached hydrogens (tertiary/aromatic N) is 4. The first-order valence-corrected chi connectivity index (χ1v) is 8.50. The van der Waals surface area contributed by atoms with Crippen LogP contribution in [-0.4, -0.2) is 38.9 Å². The van der Waals surface area contributed by atoms with Crippen LogP contribution in [0.4, 0.5) is 13.2 Å². The molecule has 0 spiro atoms. The molecule has 0 aliphatic heterocycles. The molecule has 0 fully saturated rings. The minimum absolute atomic E-state index is 0.147. The van der Waals surface area contributed by atoms with E-state index in [-0.39, 0.29) is 11.8 Å². The highest BCUT2D eigenvalue weighted by atomic mass is 19.4. The van der Waals surface area contributed by atoms with E-state index in [4.69, 9.17) is 4.74 Å². The molecule has 0 bridgehead atoms. The van der Waals surface area contributed by atoms with E-state index in [1.54, 1.807) is 20.2 Å². The van der Waals surface area contributed by atoms with Gasteiger partial charge >= 0.3 is 6.18 Å². The predicted molar refractivity (Wildman–Crippen MR) is 92.0 cm³/mol. The zero-order valence-corrected chi connectivity index (χ0v) is 15.8. The average molecular weight is 373 g/mol. The lowest BCUT2D eigenvalue weighted by Gasteiger charge is -2.22. The Morgan fingerprint density at radius 2 is 1.92 bits per heavy atom.